The van der Waals surface area contributed by atoms with Gasteiger partial charge >= 0.3 is 0 Å². The van der Waals surface area contributed by atoms with Gasteiger partial charge in [-0.25, -0.2) is 4.39 Å². The van der Waals surface area contributed by atoms with Crippen LogP contribution in [0.3, 0.4) is 0 Å². The van der Waals surface area contributed by atoms with Crippen LogP contribution in [0.15, 0.2) is 57.8 Å². The second-order valence-corrected chi connectivity index (χ2v) is 7.32. The average molecular weight is 346 g/mol. The van der Waals surface area contributed by atoms with Gasteiger partial charge < -0.3 is 9.64 Å². The number of hydrogen-bond acceptors (Lipinski definition) is 4. The summed E-state index contributed by atoms with van der Waals surface area (Å²) in [6.45, 7) is 1.47. The Kier molecular flexibility index (Phi) is 3.62. The molecule has 7 heteroatoms. The quantitative estimate of drug-likeness (QED) is 0.795. The molecule has 2 aliphatic rings. The lowest BCUT2D eigenvalue weighted by molar-refractivity contribution is -0.00665. The maximum atomic E-state index is 13.1. The molecule has 4 rings (SSSR count). The highest BCUT2D eigenvalue weighted by Gasteiger charge is 2.34. The summed E-state index contributed by atoms with van der Waals surface area (Å²) in [6.07, 6.45) is -0.252. The highest BCUT2D eigenvalue weighted by molar-refractivity contribution is 7.90. The number of benzene rings is 2. The lowest BCUT2D eigenvalue weighted by Crippen LogP contribution is -2.42. The van der Waals surface area contributed by atoms with Crippen LogP contribution < -0.4 is 0 Å². The molecule has 0 unspecified atom stereocenters. The van der Waals surface area contributed by atoms with Crippen LogP contribution >= 0.6 is 0 Å². The van der Waals surface area contributed by atoms with E-state index in [1.165, 1.54) is 12.1 Å². The van der Waals surface area contributed by atoms with Crippen LogP contribution in [0.25, 0.3) is 0 Å². The maximum absolute atomic E-state index is 13.1. The summed E-state index contributed by atoms with van der Waals surface area (Å²) in [5.74, 6) is 0.160. The molecule has 0 radical (unpaired) electrons. The molecular weight excluding hydrogens is 331 g/mol. The van der Waals surface area contributed by atoms with Crippen molar-refractivity contribution in [2.75, 3.05) is 19.7 Å². The minimum atomic E-state index is -3.64. The smallest absolute Gasteiger partial charge is 0.285 e. The molecule has 2 heterocycles. The Hall–Kier alpha value is -2.25. The van der Waals surface area contributed by atoms with E-state index in [4.69, 9.17) is 4.74 Å². The van der Waals surface area contributed by atoms with Gasteiger partial charge in [0.2, 0.25) is 0 Å². The summed E-state index contributed by atoms with van der Waals surface area (Å²) >= 11 is 0. The number of ether oxygens (including phenoxy) is 1. The molecule has 0 bridgehead atoms. The van der Waals surface area contributed by atoms with Crippen LogP contribution in [0.4, 0.5) is 4.39 Å². The summed E-state index contributed by atoms with van der Waals surface area (Å²) in [5, 5.41) is 0. The van der Waals surface area contributed by atoms with Gasteiger partial charge in [0.25, 0.3) is 10.0 Å². The van der Waals surface area contributed by atoms with Crippen LogP contribution in [-0.2, 0) is 14.8 Å². The Morgan fingerprint density at radius 1 is 1.12 bits per heavy atom. The Morgan fingerprint density at radius 3 is 2.67 bits per heavy atom. The lowest BCUT2D eigenvalue weighted by atomic mass is 10.1. The van der Waals surface area contributed by atoms with Crippen LogP contribution in [-0.4, -0.2) is 38.8 Å². The standard InChI is InChI=1S/C17H15FN2O3S/c18-13-7-5-12(6-8-13)15-11-20(9-10-23-15)17-14-3-1-2-4-16(14)24(21,22)19-17/h1-8,15H,9-11H2/t15-/m0/s1. The first-order valence-electron chi connectivity index (χ1n) is 7.61. The molecule has 1 atom stereocenters. The molecule has 0 amide bonds. The fourth-order valence-corrected chi connectivity index (χ4v) is 4.26. The summed E-state index contributed by atoms with van der Waals surface area (Å²) in [7, 11) is -3.64. The number of rotatable bonds is 1. The Labute approximate surface area is 139 Å². The zero-order chi connectivity index (χ0) is 16.7. The average Bonchev–Trinajstić information content (AvgIpc) is 2.88. The SMILES string of the molecule is O=S1(=O)N=C(N2CCO[C@H](c3ccc(F)cc3)C2)c2ccccc21. The van der Waals surface area contributed by atoms with Gasteiger partial charge in [-0.15, -0.1) is 4.40 Å². The van der Waals surface area contributed by atoms with Crippen molar-refractivity contribution in [3.8, 4) is 0 Å². The number of halogens is 1. The first-order valence-corrected chi connectivity index (χ1v) is 9.05. The van der Waals surface area contributed by atoms with E-state index in [1.807, 2.05) is 4.90 Å². The van der Waals surface area contributed by atoms with Gasteiger partial charge in [0.05, 0.1) is 6.61 Å². The molecule has 0 saturated carbocycles. The molecule has 0 aromatic heterocycles. The number of nitrogens with zero attached hydrogens (tertiary/aromatic N) is 2. The summed E-state index contributed by atoms with van der Waals surface area (Å²) in [4.78, 5) is 2.16. The Morgan fingerprint density at radius 2 is 1.88 bits per heavy atom. The van der Waals surface area contributed by atoms with Crippen molar-refractivity contribution in [2.24, 2.45) is 4.40 Å². The third-order valence-corrected chi connectivity index (χ3v) is 5.55. The predicted octanol–water partition coefficient (Wildman–Crippen LogP) is 2.35. The van der Waals surface area contributed by atoms with E-state index >= 15 is 0 Å². The van der Waals surface area contributed by atoms with Crippen LogP contribution in [0.2, 0.25) is 0 Å². The van der Waals surface area contributed by atoms with E-state index in [0.29, 0.717) is 31.1 Å². The highest BCUT2D eigenvalue weighted by Crippen LogP contribution is 2.30. The van der Waals surface area contributed by atoms with Gasteiger partial charge in [0.1, 0.15) is 16.8 Å². The molecule has 0 spiro atoms. The fourth-order valence-electron chi connectivity index (χ4n) is 3.04. The molecule has 2 aliphatic heterocycles. The van der Waals surface area contributed by atoms with E-state index in [-0.39, 0.29) is 16.8 Å². The molecule has 5 nitrogen and oxygen atoms in total. The number of fused-ring (bicyclic) bond motifs is 1. The number of morpholine rings is 1. The minimum absolute atomic E-state index is 0.241. The molecule has 1 fully saturated rings. The third kappa shape index (κ3) is 2.59. The second-order valence-electron chi connectivity index (χ2n) is 5.74. The topological polar surface area (TPSA) is 59.0 Å². The summed E-state index contributed by atoms with van der Waals surface area (Å²) < 4.78 is 47.2. The van der Waals surface area contributed by atoms with Gasteiger partial charge in [-0.1, -0.05) is 24.3 Å². The molecule has 24 heavy (non-hydrogen) atoms. The summed E-state index contributed by atoms with van der Waals surface area (Å²) in [6, 6.07) is 13.0. The molecule has 2 aromatic carbocycles. The van der Waals surface area contributed by atoms with Gasteiger partial charge in [0.15, 0.2) is 5.84 Å². The van der Waals surface area contributed by atoms with Gasteiger partial charge in [-0.2, -0.15) is 8.42 Å². The van der Waals surface area contributed by atoms with Gasteiger partial charge in [-0.05, 0) is 29.8 Å². The van der Waals surface area contributed by atoms with Crippen molar-refractivity contribution < 1.29 is 17.5 Å². The molecule has 2 aromatic rings. The van der Waals surface area contributed by atoms with Crippen molar-refractivity contribution in [3.63, 3.8) is 0 Å². The van der Waals surface area contributed by atoms with Crippen LogP contribution in [0.1, 0.15) is 17.2 Å². The minimum Gasteiger partial charge on any atom is -0.370 e. The molecule has 124 valence electrons. The number of amidine groups is 1. The van der Waals surface area contributed by atoms with Crippen LogP contribution in [0, 0.1) is 5.82 Å². The van der Waals surface area contributed by atoms with E-state index in [0.717, 1.165) is 5.56 Å². The molecule has 1 saturated heterocycles. The highest BCUT2D eigenvalue weighted by atomic mass is 32.2. The van der Waals surface area contributed by atoms with Gasteiger partial charge in [0, 0.05) is 18.7 Å². The van der Waals surface area contributed by atoms with E-state index < -0.39 is 10.0 Å². The van der Waals surface area contributed by atoms with E-state index in [2.05, 4.69) is 4.40 Å². The largest absolute Gasteiger partial charge is 0.370 e. The van der Waals surface area contributed by atoms with E-state index in [9.17, 15) is 12.8 Å². The third-order valence-electron chi connectivity index (χ3n) is 4.22. The van der Waals surface area contributed by atoms with Crippen molar-refractivity contribution in [1.29, 1.82) is 0 Å². The first-order chi connectivity index (χ1) is 11.5. The number of sulfonamides is 1. The lowest BCUT2D eigenvalue weighted by Gasteiger charge is -2.34. The number of hydrogen-bond donors (Lipinski definition) is 0. The van der Waals surface area contributed by atoms with Crippen LogP contribution in [0.5, 0.6) is 0 Å². The first kappa shape index (κ1) is 15.3. The zero-order valence-corrected chi connectivity index (χ0v) is 13.5. The fraction of sp³-hybridized carbons (Fsp3) is 0.235. The molecule has 0 N–H and O–H groups in total. The summed E-state index contributed by atoms with van der Waals surface area (Å²) in [5.41, 5.74) is 1.48. The van der Waals surface area contributed by atoms with Crippen molar-refractivity contribution in [1.82, 2.24) is 4.90 Å². The Balaban J connectivity index is 1.65. The Bertz CT molecular complexity index is 910. The monoisotopic (exact) mass is 346 g/mol. The van der Waals surface area contributed by atoms with Gasteiger partial charge in [-0.3, -0.25) is 0 Å². The maximum Gasteiger partial charge on any atom is 0.285 e. The normalized spacial score (nSPS) is 22.1. The van der Waals surface area contributed by atoms with Crippen molar-refractivity contribution >= 4 is 15.9 Å². The van der Waals surface area contributed by atoms with E-state index in [1.54, 1.807) is 36.4 Å². The molecular formula is C17H15FN2O3S. The predicted molar refractivity (Wildman–Crippen MR) is 86.8 cm³/mol. The van der Waals surface area contributed by atoms with Crippen molar-refractivity contribution in [2.45, 2.75) is 11.0 Å². The second kappa shape index (κ2) is 5.68. The van der Waals surface area contributed by atoms with Crippen molar-refractivity contribution in [3.05, 3.63) is 65.5 Å². The molecule has 0 aliphatic carbocycles. The zero-order valence-electron chi connectivity index (χ0n) is 12.7.